The van der Waals surface area contributed by atoms with Crippen molar-refractivity contribution >= 4 is 45.0 Å². The summed E-state index contributed by atoms with van der Waals surface area (Å²) in [5.41, 5.74) is 2.95. The van der Waals surface area contributed by atoms with Crippen molar-refractivity contribution in [1.82, 2.24) is 4.31 Å². The summed E-state index contributed by atoms with van der Waals surface area (Å²) < 4.78 is 26.1. The van der Waals surface area contributed by atoms with Gasteiger partial charge in [-0.15, -0.1) is 11.8 Å². The predicted molar refractivity (Wildman–Crippen MR) is 111 cm³/mol. The number of sulfonamides is 1. The maximum atomic E-state index is 12.7. The molecule has 3 rings (SSSR count). The van der Waals surface area contributed by atoms with E-state index < -0.39 is 10.0 Å². The summed E-state index contributed by atoms with van der Waals surface area (Å²) in [6.45, 7) is 3.62. The number of fused-ring (bicyclic) bond motifs is 1. The molecular formula is C19H21N3O4S2. The van der Waals surface area contributed by atoms with Crippen molar-refractivity contribution < 1.29 is 18.0 Å². The van der Waals surface area contributed by atoms with Gasteiger partial charge in [-0.3, -0.25) is 9.59 Å². The molecule has 1 aliphatic rings. The summed E-state index contributed by atoms with van der Waals surface area (Å²) in [6.07, 6.45) is 0. The molecule has 148 valence electrons. The van der Waals surface area contributed by atoms with Gasteiger partial charge in [-0.25, -0.2) is 12.7 Å². The molecule has 0 saturated carbocycles. The van der Waals surface area contributed by atoms with E-state index in [-0.39, 0.29) is 16.7 Å². The zero-order valence-corrected chi connectivity index (χ0v) is 17.6. The molecule has 0 saturated heterocycles. The number of hydrogen-bond donors (Lipinski definition) is 2. The number of amides is 2. The number of hydrogen-bond acceptors (Lipinski definition) is 5. The molecule has 1 heterocycles. The quantitative estimate of drug-likeness (QED) is 0.795. The van der Waals surface area contributed by atoms with Gasteiger partial charge < -0.3 is 10.6 Å². The first-order chi connectivity index (χ1) is 13.1. The second-order valence-corrected chi connectivity index (χ2v) is 9.87. The van der Waals surface area contributed by atoms with Gasteiger partial charge in [-0.1, -0.05) is 0 Å². The second kappa shape index (κ2) is 7.57. The molecule has 0 unspecified atom stereocenters. The van der Waals surface area contributed by atoms with Gasteiger partial charge >= 0.3 is 0 Å². The van der Waals surface area contributed by atoms with Crippen LogP contribution in [0.25, 0.3) is 0 Å². The topological polar surface area (TPSA) is 95.6 Å². The smallest absolute Gasteiger partial charge is 0.255 e. The molecule has 1 aliphatic heterocycles. The number of carbonyl (C=O) groups is 2. The molecule has 0 bridgehead atoms. The molecule has 2 amide bonds. The van der Waals surface area contributed by atoms with Gasteiger partial charge in [0, 0.05) is 30.2 Å². The predicted octanol–water partition coefficient (Wildman–Crippen LogP) is 2.85. The van der Waals surface area contributed by atoms with Gasteiger partial charge in [0.2, 0.25) is 15.9 Å². The van der Waals surface area contributed by atoms with Crippen LogP contribution >= 0.6 is 11.8 Å². The molecule has 7 nitrogen and oxygen atoms in total. The Bertz CT molecular complexity index is 1080. The van der Waals surface area contributed by atoms with Gasteiger partial charge in [-0.05, 0) is 55.3 Å². The SMILES string of the molecule is Cc1cc(S(=O)(=O)N(C)C)cc(NC(=O)c2ccc3c(c2)NC(=O)CS3)c1C. The van der Waals surface area contributed by atoms with Crippen LogP contribution in [-0.2, 0) is 14.8 Å². The van der Waals surface area contributed by atoms with E-state index in [1.54, 1.807) is 31.2 Å². The van der Waals surface area contributed by atoms with Crippen molar-refractivity contribution in [1.29, 1.82) is 0 Å². The summed E-state index contributed by atoms with van der Waals surface area (Å²) in [5.74, 6) is -0.137. The molecule has 9 heteroatoms. The number of anilines is 2. The van der Waals surface area contributed by atoms with Crippen molar-refractivity contribution in [2.75, 3.05) is 30.5 Å². The second-order valence-electron chi connectivity index (χ2n) is 6.70. The van der Waals surface area contributed by atoms with E-state index in [0.717, 1.165) is 20.3 Å². The maximum Gasteiger partial charge on any atom is 0.255 e. The molecule has 0 atom stereocenters. The van der Waals surface area contributed by atoms with Gasteiger partial charge in [0.15, 0.2) is 0 Å². The first kappa shape index (κ1) is 20.4. The normalized spacial score (nSPS) is 13.8. The van der Waals surface area contributed by atoms with E-state index in [4.69, 9.17) is 0 Å². The lowest BCUT2D eigenvalue weighted by molar-refractivity contribution is -0.113. The number of rotatable bonds is 4. The Hall–Kier alpha value is -2.36. The largest absolute Gasteiger partial charge is 0.324 e. The summed E-state index contributed by atoms with van der Waals surface area (Å²) in [4.78, 5) is 25.3. The van der Waals surface area contributed by atoms with Crippen LogP contribution in [-0.4, -0.2) is 44.4 Å². The first-order valence-electron chi connectivity index (χ1n) is 8.51. The number of carbonyl (C=O) groups excluding carboxylic acids is 2. The minimum Gasteiger partial charge on any atom is -0.324 e. The number of nitrogens with one attached hydrogen (secondary N) is 2. The van der Waals surface area contributed by atoms with E-state index in [1.165, 1.54) is 31.9 Å². The van der Waals surface area contributed by atoms with Gasteiger partial charge in [0.05, 0.1) is 16.3 Å². The number of thioether (sulfide) groups is 1. The van der Waals surface area contributed by atoms with Crippen LogP contribution in [0.4, 0.5) is 11.4 Å². The minimum absolute atomic E-state index is 0.108. The van der Waals surface area contributed by atoms with Crippen LogP contribution in [0.3, 0.4) is 0 Å². The highest BCUT2D eigenvalue weighted by atomic mass is 32.2. The van der Waals surface area contributed by atoms with Crippen molar-refractivity contribution in [3.05, 3.63) is 47.0 Å². The number of benzene rings is 2. The Labute approximate surface area is 168 Å². The Morgan fingerprint density at radius 1 is 1.18 bits per heavy atom. The van der Waals surface area contributed by atoms with Crippen molar-refractivity contribution in [3.63, 3.8) is 0 Å². The minimum atomic E-state index is -3.63. The van der Waals surface area contributed by atoms with Crippen LogP contribution < -0.4 is 10.6 Å². The molecule has 2 N–H and O–H groups in total. The molecule has 0 fully saturated rings. The van der Waals surface area contributed by atoms with Crippen LogP contribution in [0.2, 0.25) is 0 Å². The standard InChI is InChI=1S/C19H21N3O4S2/c1-11-7-14(28(25,26)22(3)4)9-15(12(11)2)21-19(24)13-5-6-17-16(8-13)20-18(23)10-27-17/h5-9H,10H2,1-4H3,(H,20,23)(H,21,24). The fourth-order valence-electron chi connectivity index (χ4n) is 2.73. The Balaban J connectivity index is 1.93. The lowest BCUT2D eigenvalue weighted by Crippen LogP contribution is -2.23. The third-order valence-corrected chi connectivity index (χ3v) is 7.41. The van der Waals surface area contributed by atoms with Crippen LogP contribution in [0, 0.1) is 13.8 Å². The van der Waals surface area contributed by atoms with Gasteiger partial charge in [0.25, 0.3) is 5.91 Å². The highest BCUT2D eigenvalue weighted by Crippen LogP contribution is 2.32. The average molecular weight is 420 g/mol. The van der Waals surface area contributed by atoms with Crippen molar-refractivity contribution in [2.24, 2.45) is 0 Å². The zero-order valence-electron chi connectivity index (χ0n) is 16.0. The molecule has 2 aromatic carbocycles. The molecule has 0 aliphatic carbocycles. The molecule has 0 aromatic heterocycles. The highest BCUT2D eigenvalue weighted by Gasteiger charge is 2.21. The molecular weight excluding hydrogens is 398 g/mol. The van der Waals surface area contributed by atoms with Crippen molar-refractivity contribution in [3.8, 4) is 0 Å². The van der Waals surface area contributed by atoms with E-state index in [2.05, 4.69) is 10.6 Å². The Morgan fingerprint density at radius 2 is 1.89 bits per heavy atom. The zero-order chi connectivity index (χ0) is 20.6. The molecule has 0 radical (unpaired) electrons. The maximum absolute atomic E-state index is 12.7. The lowest BCUT2D eigenvalue weighted by Gasteiger charge is -2.18. The highest BCUT2D eigenvalue weighted by molar-refractivity contribution is 8.00. The lowest BCUT2D eigenvalue weighted by atomic mass is 10.1. The summed E-state index contributed by atoms with van der Waals surface area (Å²) >= 11 is 1.42. The van der Waals surface area contributed by atoms with Gasteiger partial charge in [0.1, 0.15) is 0 Å². The Kier molecular flexibility index (Phi) is 5.51. The number of aryl methyl sites for hydroxylation is 1. The third-order valence-electron chi connectivity index (χ3n) is 4.54. The monoisotopic (exact) mass is 419 g/mol. The fourth-order valence-corrected chi connectivity index (χ4v) is 4.54. The fraction of sp³-hybridized carbons (Fsp3) is 0.263. The summed E-state index contributed by atoms with van der Waals surface area (Å²) in [5, 5.41) is 5.55. The summed E-state index contributed by atoms with van der Waals surface area (Å²) in [7, 11) is -0.704. The van der Waals surface area contributed by atoms with E-state index >= 15 is 0 Å². The molecule has 0 spiro atoms. The van der Waals surface area contributed by atoms with Crippen LogP contribution in [0.15, 0.2) is 40.1 Å². The van der Waals surface area contributed by atoms with Crippen LogP contribution in [0.5, 0.6) is 0 Å². The summed E-state index contributed by atoms with van der Waals surface area (Å²) in [6, 6.07) is 8.15. The van der Waals surface area contributed by atoms with Gasteiger partial charge in [-0.2, -0.15) is 0 Å². The third kappa shape index (κ3) is 3.91. The average Bonchev–Trinajstić information content (AvgIpc) is 2.64. The van der Waals surface area contributed by atoms with E-state index in [9.17, 15) is 18.0 Å². The number of nitrogens with zero attached hydrogens (tertiary/aromatic N) is 1. The Morgan fingerprint density at radius 3 is 2.57 bits per heavy atom. The molecule has 2 aromatic rings. The van der Waals surface area contributed by atoms with E-state index in [0.29, 0.717) is 22.7 Å². The van der Waals surface area contributed by atoms with Crippen LogP contribution in [0.1, 0.15) is 21.5 Å². The first-order valence-corrected chi connectivity index (χ1v) is 10.9. The van der Waals surface area contributed by atoms with Crippen molar-refractivity contribution in [2.45, 2.75) is 23.6 Å². The molecule has 28 heavy (non-hydrogen) atoms. The van der Waals surface area contributed by atoms with E-state index in [1.807, 2.05) is 6.92 Å².